The topological polar surface area (TPSA) is 46.5 Å². The van der Waals surface area contributed by atoms with Crippen molar-refractivity contribution in [1.29, 1.82) is 0 Å². The molecule has 0 heterocycles. The molecule has 0 aromatic heterocycles. The smallest absolute Gasteiger partial charge is 0.335 e. The lowest BCUT2D eigenvalue weighted by Gasteiger charge is -2.11. The molecule has 0 fully saturated rings. The highest BCUT2D eigenvalue weighted by atomic mass is 19.2. The monoisotopic (exact) mass is 366 g/mol. The Kier molecular flexibility index (Phi) is 7.06. The Balaban J connectivity index is 2.13. The number of carboxylic acids is 1. The van der Waals surface area contributed by atoms with E-state index in [4.69, 9.17) is 9.84 Å². The number of rotatable bonds is 9. The van der Waals surface area contributed by atoms with Crippen molar-refractivity contribution in [3.63, 3.8) is 0 Å². The van der Waals surface area contributed by atoms with Crippen molar-refractivity contribution in [3.05, 3.63) is 53.3 Å². The van der Waals surface area contributed by atoms with Crippen LogP contribution in [0.5, 0.6) is 5.75 Å². The maximum absolute atomic E-state index is 14.3. The number of halogens is 3. The van der Waals surface area contributed by atoms with Gasteiger partial charge in [0.25, 0.3) is 0 Å². The van der Waals surface area contributed by atoms with Gasteiger partial charge in [-0.25, -0.2) is 13.6 Å². The molecule has 140 valence electrons. The van der Waals surface area contributed by atoms with E-state index in [1.807, 2.05) is 0 Å². The zero-order chi connectivity index (χ0) is 19.1. The van der Waals surface area contributed by atoms with Crippen molar-refractivity contribution >= 4 is 5.97 Å². The maximum Gasteiger partial charge on any atom is 0.335 e. The van der Waals surface area contributed by atoms with Crippen molar-refractivity contribution < 1.29 is 27.8 Å². The summed E-state index contributed by atoms with van der Waals surface area (Å²) in [4.78, 5) is 10.8. The molecule has 0 atom stereocenters. The predicted molar refractivity (Wildman–Crippen MR) is 93.0 cm³/mol. The number of ether oxygens (including phenoxy) is 1. The van der Waals surface area contributed by atoms with Gasteiger partial charge in [-0.15, -0.1) is 0 Å². The molecule has 0 aliphatic heterocycles. The second-order valence-corrected chi connectivity index (χ2v) is 6.00. The van der Waals surface area contributed by atoms with Crippen LogP contribution in [0.25, 0.3) is 11.1 Å². The van der Waals surface area contributed by atoms with Crippen molar-refractivity contribution in [2.75, 3.05) is 6.61 Å². The molecule has 0 saturated heterocycles. The maximum atomic E-state index is 14.3. The van der Waals surface area contributed by atoms with Crippen LogP contribution in [0.1, 0.15) is 49.4 Å². The molecule has 6 heteroatoms. The molecule has 26 heavy (non-hydrogen) atoms. The first-order valence-electron chi connectivity index (χ1n) is 8.59. The summed E-state index contributed by atoms with van der Waals surface area (Å²) >= 11 is 0. The third-order valence-corrected chi connectivity index (χ3v) is 4.06. The minimum atomic E-state index is -1.30. The average molecular weight is 366 g/mol. The predicted octanol–water partition coefficient (Wildman–Crippen LogP) is 5.82. The molecule has 2 rings (SSSR count). The molecule has 0 saturated carbocycles. The van der Waals surface area contributed by atoms with E-state index >= 15 is 0 Å². The van der Waals surface area contributed by atoms with Crippen LogP contribution in [0.3, 0.4) is 0 Å². The van der Waals surface area contributed by atoms with Crippen LogP contribution in [-0.2, 0) is 0 Å². The number of unbranched alkanes of at least 4 members (excludes halogenated alkanes) is 4. The van der Waals surface area contributed by atoms with E-state index in [0.717, 1.165) is 50.3 Å². The summed E-state index contributed by atoms with van der Waals surface area (Å²) in [7, 11) is 0. The molecule has 0 aliphatic rings. The van der Waals surface area contributed by atoms with E-state index in [-0.39, 0.29) is 29.0 Å². The Hall–Kier alpha value is -2.50. The standard InChI is InChI=1S/C20H21F3O3/c1-2-3-4-5-6-11-26-17-10-9-15(18(22)19(17)23)14-8-7-13(20(24)25)12-16(14)21/h7-10,12H,2-6,11H2,1H3,(H,24,25). The fourth-order valence-electron chi connectivity index (χ4n) is 2.61. The molecule has 3 nitrogen and oxygen atoms in total. The van der Waals surface area contributed by atoms with Gasteiger partial charge in [0, 0.05) is 11.1 Å². The zero-order valence-corrected chi connectivity index (χ0v) is 14.5. The first kappa shape index (κ1) is 19.8. The van der Waals surface area contributed by atoms with E-state index in [1.54, 1.807) is 0 Å². The van der Waals surface area contributed by atoms with Crippen molar-refractivity contribution in [3.8, 4) is 16.9 Å². The fraction of sp³-hybridized carbons (Fsp3) is 0.350. The summed E-state index contributed by atoms with van der Waals surface area (Å²) in [6.45, 7) is 2.38. The zero-order valence-electron chi connectivity index (χ0n) is 14.5. The van der Waals surface area contributed by atoms with Crippen LogP contribution in [0, 0.1) is 17.5 Å². The molecular formula is C20H21F3O3. The van der Waals surface area contributed by atoms with Gasteiger partial charge in [-0.05, 0) is 30.7 Å². The summed E-state index contributed by atoms with van der Waals surface area (Å²) in [6, 6.07) is 5.51. The lowest BCUT2D eigenvalue weighted by atomic mass is 10.0. The SMILES string of the molecule is CCCCCCCOc1ccc(-c2ccc(C(=O)O)cc2F)c(F)c1F. The number of hydrogen-bond donors (Lipinski definition) is 1. The summed E-state index contributed by atoms with van der Waals surface area (Å²) < 4.78 is 47.9. The van der Waals surface area contributed by atoms with Crippen molar-refractivity contribution in [2.45, 2.75) is 39.0 Å². The number of benzene rings is 2. The van der Waals surface area contributed by atoms with Crippen LogP contribution in [0.2, 0.25) is 0 Å². The van der Waals surface area contributed by atoms with Gasteiger partial charge < -0.3 is 9.84 Å². The Morgan fingerprint density at radius 1 is 0.962 bits per heavy atom. The van der Waals surface area contributed by atoms with Gasteiger partial charge in [0.1, 0.15) is 5.82 Å². The van der Waals surface area contributed by atoms with Gasteiger partial charge in [-0.2, -0.15) is 4.39 Å². The highest BCUT2D eigenvalue weighted by molar-refractivity contribution is 5.88. The van der Waals surface area contributed by atoms with E-state index in [0.29, 0.717) is 0 Å². The Labute approximate surface area is 150 Å². The average Bonchev–Trinajstić information content (AvgIpc) is 2.62. The first-order chi connectivity index (χ1) is 12.5. The summed E-state index contributed by atoms with van der Waals surface area (Å²) in [5.41, 5.74) is -0.764. The summed E-state index contributed by atoms with van der Waals surface area (Å²) in [5, 5.41) is 8.84. The van der Waals surface area contributed by atoms with Gasteiger partial charge in [0.15, 0.2) is 11.6 Å². The molecular weight excluding hydrogens is 345 g/mol. The first-order valence-corrected chi connectivity index (χ1v) is 8.59. The number of carbonyl (C=O) groups is 1. The molecule has 0 radical (unpaired) electrons. The number of carboxylic acid groups (broad SMARTS) is 1. The van der Waals surface area contributed by atoms with Gasteiger partial charge in [-0.1, -0.05) is 38.7 Å². The van der Waals surface area contributed by atoms with Gasteiger partial charge in [0.05, 0.1) is 12.2 Å². The molecule has 0 unspecified atom stereocenters. The van der Waals surface area contributed by atoms with Crippen molar-refractivity contribution in [2.24, 2.45) is 0 Å². The number of hydrogen-bond acceptors (Lipinski definition) is 2. The van der Waals surface area contributed by atoms with E-state index in [9.17, 15) is 18.0 Å². The number of aromatic carboxylic acids is 1. The minimum Gasteiger partial charge on any atom is -0.490 e. The fourth-order valence-corrected chi connectivity index (χ4v) is 2.61. The van der Waals surface area contributed by atoms with E-state index < -0.39 is 23.4 Å². The van der Waals surface area contributed by atoms with Crippen LogP contribution < -0.4 is 4.74 Å². The third kappa shape index (κ3) is 4.77. The Bertz CT molecular complexity index is 775. The summed E-state index contributed by atoms with van der Waals surface area (Å²) in [5.74, 6) is -4.87. The second-order valence-electron chi connectivity index (χ2n) is 6.00. The van der Waals surface area contributed by atoms with E-state index in [1.165, 1.54) is 12.1 Å². The molecule has 1 N–H and O–H groups in total. The lowest BCUT2D eigenvalue weighted by Crippen LogP contribution is -2.03. The minimum absolute atomic E-state index is 0.211. The highest BCUT2D eigenvalue weighted by Gasteiger charge is 2.19. The van der Waals surface area contributed by atoms with Gasteiger partial charge in [0.2, 0.25) is 5.82 Å². The molecule has 0 amide bonds. The van der Waals surface area contributed by atoms with Crippen LogP contribution in [0.15, 0.2) is 30.3 Å². The molecule has 0 aliphatic carbocycles. The van der Waals surface area contributed by atoms with Crippen molar-refractivity contribution in [1.82, 2.24) is 0 Å². The normalized spacial score (nSPS) is 10.8. The Morgan fingerprint density at radius 3 is 2.31 bits per heavy atom. The van der Waals surface area contributed by atoms with Crippen LogP contribution in [0.4, 0.5) is 13.2 Å². The second kappa shape index (κ2) is 9.27. The molecule has 2 aromatic carbocycles. The highest BCUT2D eigenvalue weighted by Crippen LogP contribution is 2.31. The Morgan fingerprint density at radius 2 is 1.65 bits per heavy atom. The molecule has 0 bridgehead atoms. The van der Waals surface area contributed by atoms with Crippen LogP contribution in [-0.4, -0.2) is 17.7 Å². The summed E-state index contributed by atoms with van der Waals surface area (Å²) in [6.07, 6.45) is 5.02. The van der Waals surface area contributed by atoms with Gasteiger partial charge >= 0.3 is 5.97 Å². The lowest BCUT2D eigenvalue weighted by molar-refractivity contribution is 0.0696. The van der Waals surface area contributed by atoms with E-state index in [2.05, 4.69) is 6.92 Å². The van der Waals surface area contributed by atoms with Crippen LogP contribution >= 0.6 is 0 Å². The molecule has 0 spiro atoms. The largest absolute Gasteiger partial charge is 0.490 e. The van der Waals surface area contributed by atoms with Gasteiger partial charge in [-0.3, -0.25) is 0 Å². The quantitative estimate of drug-likeness (QED) is 0.569. The molecule has 2 aromatic rings. The third-order valence-electron chi connectivity index (χ3n) is 4.06.